The smallest absolute Gasteiger partial charge is 0.279 e. The summed E-state index contributed by atoms with van der Waals surface area (Å²) < 4.78 is 0. The SMILES string of the molecule is CCc1sc(NC(=O)c2cc([N+](=O)[O-])cc([N+](=O)[O-])c2C)nc1-c1ccccc1. The van der Waals surface area contributed by atoms with E-state index in [9.17, 15) is 25.0 Å². The van der Waals surface area contributed by atoms with E-state index >= 15 is 0 Å². The molecular formula is C19H16N4O5S. The average Bonchev–Trinajstić information content (AvgIpc) is 3.11. The van der Waals surface area contributed by atoms with Crippen LogP contribution in [-0.4, -0.2) is 20.7 Å². The molecular weight excluding hydrogens is 396 g/mol. The summed E-state index contributed by atoms with van der Waals surface area (Å²) in [4.78, 5) is 39.0. The van der Waals surface area contributed by atoms with Crippen molar-refractivity contribution < 1.29 is 14.6 Å². The Labute approximate surface area is 169 Å². The standard InChI is InChI=1S/C19H16N4O5S/c1-3-16-17(12-7-5-4-6-8-12)20-19(29-16)21-18(24)14-9-13(22(25)26)10-15(11(14)2)23(27)28/h4-10H,3H2,1-2H3,(H,20,21,24). The molecule has 0 aliphatic heterocycles. The van der Waals surface area contributed by atoms with Crippen LogP contribution in [0.4, 0.5) is 16.5 Å². The van der Waals surface area contributed by atoms with Crippen molar-refractivity contribution in [2.45, 2.75) is 20.3 Å². The number of thiazole rings is 1. The summed E-state index contributed by atoms with van der Waals surface area (Å²) in [5, 5.41) is 25.3. The number of aryl methyl sites for hydroxylation is 1. The molecule has 148 valence electrons. The Bertz CT molecular complexity index is 1110. The Morgan fingerprint density at radius 1 is 1.14 bits per heavy atom. The van der Waals surface area contributed by atoms with E-state index < -0.39 is 27.1 Å². The van der Waals surface area contributed by atoms with Crippen molar-refractivity contribution in [1.82, 2.24) is 4.98 Å². The monoisotopic (exact) mass is 412 g/mol. The number of rotatable bonds is 6. The van der Waals surface area contributed by atoms with Crippen molar-refractivity contribution >= 4 is 33.8 Å². The third kappa shape index (κ3) is 4.11. The van der Waals surface area contributed by atoms with Gasteiger partial charge in [-0.25, -0.2) is 4.98 Å². The first kappa shape index (κ1) is 20.1. The number of aromatic nitrogens is 1. The highest BCUT2D eigenvalue weighted by Crippen LogP contribution is 2.33. The zero-order chi connectivity index (χ0) is 21.1. The van der Waals surface area contributed by atoms with Crippen LogP contribution in [0, 0.1) is 27.2 Å². The van der Waals surface area contributed by atoms with Gasteiger partial charge in [0.2, 0.25) is 0 Å². The van der Waals surface area contributed by atoms with Crippen LogP contribution in [0.3, 0.4) is 0 Å². The summed E-state index contributed by atoms with van der Waals surface area (Å²) in [6.45, 7) is 3.35. The maximum Gasteiger partial charge on any atom is 0.279 e. The summed E-state index contributed by atoms with van der Waals surface area (Å²) >= 11 is 1.29. The molecule has 0 spiro atoms. The molecule has 1 heterocycles. The number of carbonyl (C=O) groups is 1. The Hall–Kier alpha value is -3.66. The second-order valence-corrected chi connectivity index (χ2v) is 7.20. The predicted molar refractivity (Wildman–Crippen MR) is 109 cm³/mol. The van der Waals surface area contributed by atoms with E-state index in [1.165, 1.54) is 18.3 Å². The molecule has 1 aromatic heterocycles. The molecule has 1 amide bonds. The number of non-ortho nitro benzene ring substituents is 1. The van der Waals surface area contributed by atoms with E-state index in [0.29, 0.717) is 11.6 Å². The van der Waals surface area contributed by atoms with Gasteiger partial charge >= 0.3 is 0 Å². The zero-order valence-corrected chi connectivity index (χ0v) is 16.4. The van der Waals surface area contributed by atoms with Crippen LogP contribution in [0.5, 0.6) is 0 Å². The van der Waals surface area contributed by atoms with Crippen LogP contribution in [-0.2, 0) is 6.42 Å². The molecule has 0 atom stereocenters. The van der Waals surface area contributed by atoms with E-state index in [0.717, 1.165) is 28.3 Å². The van der Waals surface area contributed by atoms with Gasteiger partial charge < -0.3 is 0 Å². The summed E-state index contributed by atoms with van der Waals surface area (Å²) in [6, 6.07) is 11.4. The molecule has 0 aliphatic rings. The number of hydrogen-bond donors (Lipinski definition) is 1. The van der Waals surface area contributed by atoms with Crippen LogP contribution < -0.4 is 5.32 Å². The third-order valence-corrected chi connectivity index (χ3v) is 5.42. The minimum Gasteiger partial charge on any atom is -0.298 e. The first-order valence-corrected chi connectivity index (χ1v) is 9.43. The summed E-state index contributed by atoms with van der Waals surface area (Å²) in [7, 11) is 0. The maximum absolute atomic E-state index is 12.7. The minimum absolute atomic E-state index is 0.0497. The molecule has 9 nitrogen and oxygen atoms in total. The van der Waals surface area contributed by atoms with Crippen LogP contribution in [0.15, 0.2) is 42.5 Å². The highest BCUT2D eigenvalue weighted by molar-refractivity contribution is 7.16. The number of anilines is 1. The number of nitro benzene ring substituents is 2. The van der Waals surface area contributed by atoms with Crippen LogP contribution in [0.2, 0.25) is 0 Å². The van der Waals surface area contributed by atoms with Crippen molar-refractivity contribution in [2.24, 2.45) is 0 Å². The lowest BCUT2D eigenvalue weighted by Gasteiger charge is -2.06. The Morgan fingerprint density at radius 2 is 1.83 bits per heavy atom. The highest BCUT2D eigenvalue weighted by Gasteiger charge is 2.25. The van der Waals surface area contributed by atoms with E-state index in [1.807, 2.05) is 37.3 Å². The first-order chi connectivity index (χ1) is 13.8. The highest BCUT2D eigenvalue weighted by atomic mass is 32.1. The normalized spacial score (nSPS) is 10.6. The molecule has 0 unspecified atom stereocenters. The van der Waals surface area contributed by atoms with Crippen molar-refractivity contribution in [3.05, 3.63) is 78.7 Å². The molecule has 29 heavy (non-hydrogen) atoms. The molecule has 0 saturated heterocycles. The fourth-order valence-electron chi connectivity index (χ4n) is 2.85. The lowest BCUT2D eigenvalue weighted by atomic mass is 10.0. The molecule has 0 fully saturated rings. The molecule has 1 N–H and O–H groups in total. The number of amides is 1. The number of nitro groups is 2. The van der Waals surface area contributed by atoms with Gasteiger partial charge in [-0.3, -0.25) is 30.3 Å². The van der Waals surface area contributed by atoms with Crippen LogP contribution in [0.25, 0.3) is 11.3 Å². The number of hydrogen-bond acceptors (Lipinski definition) is 7. The number of nitrogens with one attached hydrogen (secondary N) is 1. The topological polar surface area (TPSA) is 128 Å². The molecule has 10 heteroatoms. The van der Waals surface area contributed by atoms with E-state index in [1.54, 1.807) is 0 Å². The number of carbonyl (C=O) groups excluding carboxylic acids is 1. The summed E-state index contributed by atoms with van der Waals surface area (Å²) in [6.07, 6.45) is 0.707. The molecule has 0 aliphatic carbocycles. The molecule has 3 aromatic rings. The third-order valence-electron chi connectivity index (χ3n) is 4.30. The van der Waals surface area contributed by atoms with Gasteiger partial charge in [-0.05, 0) is 13.3 Å². The first-order valence-electron chi connectivity index (χ1n) is 8.61. The molecule has 2 aromatic carbocycles. The van der Waals surface area contributed by atoms with Gasteiger partial charge in [0.1, 0.15) is 0 Å². The molecule has 3 rings (SSSR count). The Balaban J connectivity index is 1.98. The fourth-order valence-corrected chi connectivity index (χ4v) is 3.76. The fraction of sp³-hybridized carbons (Fsp3) is 0.158. The van der Waals surface area contributed by atoms with Gasteiger partial charge in [-0.15, -0.1) is 11.3 Å². The van der Waals surface area contributed by atoms with Crippen LogP contribution in [0.1, 0.15) is 27.7 Å². The van der Waals surface area contributed by atoms with Crippen molar-refractivity contribution in [2.75, 3.05) is 5.32 Å². The molecule has 0 bridgehead atoms. The number of benzene rings is 2. The Morgan fingerprint density at radius 3 is 2.41 bits per heavy atom. The van der Waals surface area contributed by atoms with Gasteiger partial charge in [-0.1, -0.05) is 37.3 Å². The quantitative estimate of drug-likeness (QED) is 0.459. The van der Waals surface area contributed by atoms with Gasteiger partial charge in [0.05, 0.1) is 27.2 Å². The summed E-state index contributed by atoms with van der Waals surface area (Å²) in [5.74, 6) is -0.690. The van der Waals surface area contributed by atoms with E-state index in [2.05, 4.69) is 10.3 Å². The van der Waals surface area contributed by atoms with Crippen molar-refractivity contribution in [3.8, 4) is 11.3 Å². The van der Waals surface area contributed by atoms with Crippen molar-refractivity contribution in [1.29, 1.82) is 0 Å². The minimum atomic E-state index is -0.769. The zero-order valence-electron chi connectivity index (χ0n) is 15.5. The van der Waals surface area contributed by atoms with Gasteiger partial charge in [0, 0.05) is 22.1 Å². The average molecular weight is 412 g/mol. The molecule has 0 radical (unpaired) electrons. The number of nitrogens with zero attached hydrogens (tertiary/aromatic N) is 3. The maximum atomic E-state index is 12.7. The second-order valence-electron chi connectivity index (χ2n) is 6.12. The van der Waals surface area contributed by atoms with Gasteiger partial charge in [0.25, 0.3) is 17.3 Å². The summed E-state index contributed by atoms with van der Waals surface area (Å²) in [5.41, 5.74) is 0.556. The van der Waals surface area contributed by atoms with E-state index in [4.69, 9.17) is 0 Å². The van der Waals surface area contributed by atoms with Gasteiger partial charge in [0.15, 0.2) is 5.13 Å². The Kier molecular flexibility index (Phi) is 5.64. The van der Waals surface area contributed by atoms with Gasteiger partial charge in [-0.2, -0.15) is 0 Å². The largest absolute Gasteiger partial charge is 0.298 e. The predicted octanol–water partition coefficient (Wildman–Crippen LogP) is 4.75. The van der Waals surface area contributed by atoms with E-state index in [-0.39, 0.29) is 11.1 Å². The lowest BCUT2D eigenvalue weighted by molar-refractivity contribution is -0.394. The van der Waals surface area contributed by atoms with Crippen molar-refractivity contribution in [3.63, 3.8) is 0 Å². The lowest BCUT2D eigenvalue weighted by Crippen LogP contribution is -2.14. The second kappa shape index (κ2) is 8.15. The molecule has 0 saturated carbocycles. The van der Waals surface area contributed by atoms with Crippen LogP contribution >= 0.6 is 11.3 Å².